The lowest BCUT2D eigenvalue weighted by atomic mass is 9.96. The number of rotatable bonds is 6. The van der Waals surface area contributed by atoms with Gasteiger partial charge < -0.3 is 40.1 Å². The summed E-state index contributed by atoms with van der Waals surface area (Å²) >= 11 is 0. The van der Waals surface area contributed by atoms with Crippen LogP contribution in [0.15, 0.2) is 36.4 Å². The van der Waals surface area contributed by atoms with E-state index in [0.29, 0.717) is 12.6 Å². The number of carbonyl (C=O) groups is 2. The Kier molecular flexibility index (Phi) is 12.6. The third-order valence-corrected chi connectivity index (χ3v) is 7.27. The fourth-order valence-electron chi connectivity index (χ4n) is 4.99. The van der Waals surface area contributed by atoms with Gasteiger partial charge in [0, 0.05) is 62.0 Å². The number of anilines is 2. The van der Waals surface area contributed by atoms with E-state index in [2.05, 4.69) is 33.0 Å². The Morgan fingerprint density at radius 2 is 1.56 bits per heavy atom. The molecule has 18 heteroatoms. The topological polar surface area (TPSA) is 152 Å². The first kappa shape index (κ1) is 37.9. The number of aromatic hydroxyl groups is 1. The minimum Gasteiger partial charge on any atom is -0.508 e. The van der Waals surface area contributed by atoms with Gasteiger partial charge in [-0.05, 0) is 38.9 Å². The molecule has 0 amide bonds. The lowest BCUT2D eigenvalue weighted by Gasteiger charge is -2.39. The Hall–Kier alpha value is -4.58. The quantitative estimate of drug-likeness (QED) is 0.276. The van der Waals surface area contributed by atoms with Crippen LogP contribution >= 0.6 is 0 Å². The Morgan fingerprint density at radius 3 is 2.12 bits per heavy atom. The normalized spacial score (nSPS) is 16.3. The van der Waals surface area contributed by atoms with Crippen LogP contribution in [0.2, 0.25) is 0 Å². The molecule has 3 aromatic rings. The van der Waals surface area contributed by atoms with Crippen molar-refractivity contribution in [2.45, 2.75) is 31.7 Å². The molecule has 2 aliphatic heterocycles. The predicted molar refractivity (Wildman–Crippen MR) is 164 cm³/mol. The molecule has 0 radical (unpaired) electrons. The first-order chi connectivity index (χ1) is 22.4. The summed E-state index contributed by atoms with van der Waals surface area (Å²) in [6.45, 7) is 8.13. The van der Waals surface area contributed by atoms with E-state index in [4.69, 9.17) is 34.5 Å². The van der Waals surface area contributed by atoms with Crippen LogP contribution < -0.4 is 19.9 Å². The maximum Gasteiger partial charge on any atom is 0.490 e. The zero-order chi connectivity index (χ0) is 35.8. The van der Waals surface area contributed by atoms with E-state index in [1.807, 2.05) is 44.4 Å². The molecular formula is C30H36F6N6O6. The number of phenolic OH excluding ortho intramolecular Hbond substituents is 1. The van der Waals surface area contributed by atoms with Crippen LogP contribution in [0.1, 0.15) is 24.2 Å². The van der Waals surface area contributed by atoms with Crippen LogP contribution in [0.4, 0.5) is 37.8 Å². The lowest BCUT2D eigenvalue weighted by Crippen LogP contribution is -2.45. The molecule has 12 nitrogen and oxygen atoms in total. The van der Waals surface area contributed by atoms with Gasteiger partial charge in [0.1, 0.15) is 18.2 Å². The van der Waals surface area contributed by atoms with Crippen LogP contribution in [-0.2, 0) is 16.0 Å². The second-order valence-electron chi connectivity index (χ2n) is 11.0. The van der Waals surface area contributed by atoms with Crippen molar-refractivity contribution in [2.24, 2.45) is 0 Å². The molecule has 0 spiro atoms. The van der Waals surface area contributed by atoms with E-state index in [0.717, 1.165) is 73.7 Å². The summed E-state index contributed by atoms with van der Waals surface area (Å²) in [7, 11) is 4.06. The van der Waals surface area contributed by atoms with Gasteiger partial charge in [-0.25, -0.2) is 9.59 Å². The summed E-state index contributed by atoms with van der Waals surface area (Å²) in [6, 6.07) is 12.4. The molecule has 264 valence electrons. The van der Waals surface area contributed by atoms with Crippen LogP contribution in [-0.4, -0.2) is 114 Å². The second-order valence-corrected chi connectivity index (χ2v) is 11.0. The van der Waals surface area contributed by atoms with E-state index in [-0.39, 0.29) is 11.8 Å². The van der Waals surface area contributed by atoms with Crippen LogP contribution in [0.3, 0.4) is 0 Å². The Bertz CT molecular complexity index is 1540. The number of aromatic nitrogens is 2. The van der Waals surface area contributed by atoms with Crippen LogP contribution in [0.25, 0.3) is 10.8 Å². The smallest absolute Gasteiger partial charge is 0.490 e. The first-order valence-electron chi connectivity index (χ1n) is 14.6. The van der Waals surface area contributed by atoms with Gasteiger partial charge in [-0.15, -0.1) is 0 Å². The number of carboxylic acids is 2. The number of fused-ring (bicyclic) bond motifs is 2. The highest BCUT2D eigenvalue weighted by Crippen LogP contribution is 2.41. The molecular weight excluding hydrogens is 654 g/mol. The summed E-state index contributed by atoms with van der Waals surface area (Å²) in [5, 5.41) is 30.3. The zero-order valence-electron chi connectivity index (χ0n) is 26.3. The SMILES string of the molecule is CC1c2nc(OCCN(C)C)nc(N3CCNCC3)c2CCN1c1cc(O)cc2ccccc12.O=C(O)C(F)(F)F.O=C(O)C(F)(F)F. The number of nitrogens with zero attached hydrogens (tertiary/aromatic N) is 5. The number of aliphatic carboxylic acids is 2. The molecule has 5 rings (SSSR count). The number of hydrogen-bond donors (Lipinski definition) is 4. The van der Waals surface area contributed by atoms with Crippen LogP contribution in [0, 0.1) is 0 Å². The molecule has 1 unspecified atom stereocenters. The van der Waals surface area contributed by atoms with E-state index in [1.54, 1.807) is 0 Å². The fourth-order valence-corrected chi connectivity index (χ4v) is 4.99. The molecule has 0 aliphatic carbocycles. The van der Waals surface area contributed by atoms with Crippen molar-refractivity contribution in [3.05, 3.63) is 47.7 Å². The van der Waals surface area contributed by atoms with Crippen molar-refractivity contribution in [2.75, 3.05) is 69.8 Å². The van der Waals surface area contributed by atoms with Crippen molar-refractivity contribution in [3.63, 3.8) is 0 Å². The summed E-state index contributed by atoms with van der Waals surface area (Å²) in [5.74, 6) is -4.22. The molecule has 0 bridgehead atoms. The molecule has 1 saturated heterocycles. The van der Waals surface area contributed by atoms with Gasteiger partial charge in [0.2, 0.25) is 0 Å². The molecule has 4 N–H and O–H groups in total. The summed E-state index contributed by atoms with van der Waals surface area (Å²) < 4.78 is 69.5. The Morgan fingerprint density at radius 1 is 0.979 bits per heavy atom. The van der Waals surface area contributed by atoms with Crippen molar-refractivity contribution >= 4 is 34.2 Å². The average molecular weight is 691 g/mol. The Labute approximate surface area is 271 Å². The number of ether oxygens (including phenoxy) is 1. The standard InChI is InChI=1S/C26H34N6O2.2C2HF3O2/c1-18-24-22(8-11-32(18)23-17-20(33)16-19-6-4-5-7-21(19)23)25(31-12-9-27-10-13-31)29-26(28-24)34-15-14-30(2)3;2*3-2(4,5)1(6)7/h4-7,16-18,27,33H,8-15H2,1-3H3;2*(H,6,7). The highest BCUT2D eigenvalue weighted by atomic mass is 19.4. The molecule has 1 atom stereocenters. The van der Waals surface area contributed by atoms with Gasteiger partial charge >= 0.3 is 30.3 Å². The Balaban J connectivity index is 0.000000376. The molecule has 2 aromatic carbocycles. The van der Waals surface area contributed by atoms with Gasteiger partial charge in [0.15, 0.2) is 0 Å². The number of carboxylic acid groups (broad SMARTS) is 2. The predicted octanol–water partition coefficient (Wildman–Crippen LogP) is 4.08. The summed E-state index contributed by atoms with van der Waals surface area (Å²) in [5.41, 5.74) is 3.27. The summed E-state index contributed by atoms with van der Waals surface area (Å²) in [6.07, 6.45) is -9.32. The minimum absolute atomic E-state index is 0.0230. The van der Waals surface area contributed by atoms with Crippen molar-refractivity contribution in [1.29, 1.82) is 0 Å². The minimum atomic E-state index is -5.08. The number of likely N-dealkylation sites (N-methyl/N-ethyl adjacent to an activating group) is 1. The number of phenols is 1. The van der Waals surface area contributed by atoms with E-state index in [1.165, 1.54) is 5.56 Å². The maximum atomic E-state index is 10.6. The fraction of sp³-hybridized carbons (Fsp3) is 0.467. The van der Waals surface area contributed by atoms with Gasteiger partial charge in [-0.1, -0.05) is 24.3 Å². The second kappa shape index (κ2) is 16.0. The van der Waals surface area contributed by atoms with E-state index >= 15 is 0 Å². The van der Waals surface area contributed by atoms with Gasteiger partial charge in [0.05, 0.1) is 11.7 Å². The number of piperazine rings is 1. The number of hydrogen-bond acceptors (Lipinski definition) is 10. The third-order valence-electron chi connectivity index (χ3n) is 7.27. The van der Waals surface area contributed by atoms with E-state index in [9.17, 15) is 31.4 Å². The van der Waals surface area contributed by atoms with Crippen molar-refractivity contribution in [1.82, 2.24) is 20.2 Å². The molecule has 0 saturated carbocycles. The van der Waals surface area contributed by atoms with Crippen LogP contribution in [0.5, 0.6) is 11.8 Å². The van der Waals surface area contributed by atoms with Gasteiger partial charge in [0.25, 0.3) is 0 Å². The maximum absolute atomic E-state index is 10.6. The number of alkyl halides is 6. The summed E-state index contributed by atoms with van der Waals surface area (Å²) in [4.78, 5) is 34.4. The molecule has 1 aromatic heterocycles. The highest BCUT2D eigenvalue weighted by molar-refractivity contribution is 5.96. The highest BCUT2D eigenvalue weighted by Gasteiger charge is 2.39. The first-order valence-corrected chi connectivity index (χ1v) is 14.6. The van der Waals surface area contributed by atoms with Crippen molar-refractivity contribution in [3.8, 4) is 11.8 Å². The number of halogens is 6. The monoisotopic (exact) mass is 690 g/mol. The largest absolute Gasteiger partial charge is 0.508 e. The third kappa shape index (κ3) is 10.2. The zero-order valence-corrected chi connectivity index (χ0v) is 26.3. The van der Waals surface area contributed by atoms with Gasteiger partial charge in [-0.2, -0.15) is 36.3 Å². The lowest BCUT2D eigenvalue weighted by molar-refractivity contribution is -0.193. The molecule has 1 fully saturated rings. The van der Waals surface area contributed by atoms with Crippen molar-refractivity contribution < 1.29 is 56.0 Å². The molecule has 48 heavy (non-hydrogen) atoms. The van der Waals surface area contributed by atoms with Gasteiger partial charge in [-0.3, -0.25) is 0 Å². The van der Waals surface area contributed by atoms with E-state index < -0.39 is 24.3 Å². The molecule has 3 heterocycles. The molecule has 2 aliphatic rings. The number of benzene rings is 2. The number of nitrogens with one attached hydrogen (secondary N) is 1. The average Bonchev–Trinajstić information content (AvgIpc) is 3.01.